The molecule has 0 fully saturated rings. The largest absolute Gasteiger partial charge is 0.338 e. The van der Waals surface area contributed by atoms with Crippen LogP contribution in [0, 0.1) is 0 Å². The van der Waals surface area contributed by atoms with E-state index >= 15 is 0 Å². The zero-order valence-corrected chi connectivity index (χ0v) is 9.22. The zero-order chi connectivity index (χ0) is 11.4. The van der Waals surface area contributed by atoms with Gasteiger partial charge in [0.05, 0.1) is 0 Å². The topological polar surface area (TPSA) is 50.1 Å². The Morgan fingerprint density at radius 3 is 2.50 bits per heavy atom. The van der Waals surface area contributed by atoms with Crippen LogP contribution in [0.4, 0.5) is 0 Å². The molecule has 0 unspecified atom stereocenters. The Morgan fingerprint density at radius 1 is 1.25 bits per heavy atom. The molecule has 0 bridgehead atoms. The molecule has 0 aliphatic carbocycles. The van der Waals surface area contributed by atoms with Gasteiger partial charge in [0.1, 0.15) is 5.82 Å². The van der Waals surface area contributed by atoms with Gasteiger partial charge < -0.3 is 9.77 Å². The van der Waals surface area contributed by atoms with Crippen LogP contribution in [-0.2, 0) is 20.0 Å². The Kier molecular flexibility index (Phi) is 3.34. The van der Waals surface area contributed by atoms with Gasteiger partial charge in [-0.05, 0) is 11.1 Å². The summed E-state index contributed by atoms with van der Waals surface area (Å²) in [5, 5.41) is 8.57. The van der Waals surface area contributed by atoms with Crippen molar-refractivity contribution in [3.05, 3.63) is 53.6 Å². The molecule has 84 valence electrons. The molecular formula is C12H15N3O. The molecule has 2 rings (SSSR count). The van der Waals surface area contributed by atoms with E-state index in [0.717, 1.165) is 17.8 Å². The van der Waals surface area contributed by atoms with Crippen LogP contribution in [-0.4, -0.2) is 14.8 Å². The van der Waals surface area contributed by atoms with Crippen LogP contribution in [0.1, 0.15) is 17.0 Å². The van der Waals surface area contributed by atoms with Crippen molar-refractivity contribution >= 4 is 0 Å². The summed E-state index contributed by atoms with van der Waals surface area (Å²) in [6, 6.07) is 8.12. The number of hydroxylamine groups is 1. The summed E-state index contributed by atoms with van der Waals surface area (Å²) in [5.74, 6) is 1.05. The van der Waals surface area contributed by atoms with Crippen LogP contribution in [0.5, 0.6) is 0 Å². The van der Waals surface area contributed by atoms with Crippen molar-refractivity contribution in [2.45, 2.75) is 13.0 Å². The van der Waals surface area contributed by atoms with E-state index in [2.05, 4.69) is 22.6 Å². The minimum Gasteiger partial charge on any atom is -0.338 e. The SMILES string of the molecule is Cn1ccnc1Cc1ccc(CNO)cc1. The fourth-order valence-electron chi connectivity index (χ4n) is 1.62. The summed E-state index contributed by atoms with van der Waals surface area (Å²) in [5.41, 5.74) is 4.42. The van der Waals surface area contributed by atoms with Crippen molar-refractivity contribution in [2.24, 2.45) is 7.05 Å². The molecule has 2 aromatic rings. The van der Waals surface area contributed by atoms with Gasteiger partial charge in [-0.25, -0.2) is 10.5 Å². The first kappa shape index (κ1) is 10.9. The van der Waals surface area contributed by atoms with Gasteiger partial charge in [-0.1, -0.05) is 24.3 Å². The lowest BCUT2D eigenvalue weighted by Gasteiger charge is -2.04. The molecule has 1 aromatic carbocycles. The van der Waals surface area contributed by atoms with Gasteiger partial charge in [-0.3, -0.25) is 0 Å². The molecule has 0 amide bonds. The highest BCUT2D eigenvalue weighted by Gasteiger charge is 2.01. The molecular weight excluding hydrogens is 202 g/mol. The highest BCUT2D eigenvalue weighted by atomic mass is 16.5. The number of aryl methyl sites for hydroxylation is 1. The minimum absolute atomic E-state index is 0.475. The lowest BCUT2D eigenvalue weighted by Crippen LogP contribution is -2.06. The van der Waals surface area contributed by atoms with Crippen molar-refractivity contribution in [1.82, 2.24) is 15.0 Å². The van der Waals surface area contributed by atoms with E-state index in [1.807, 2.05) is 29.9 Å². The molecule has 1 heterocycles. The Hall–Kier alpha value is -1.65. The third-order valence-electron chi connectivity index (χ3n) is 2.59. The van der Waals surface area contributed by atoms with Gasteiger partial charge in [0.25, 0.3) is 0 Å². The summed E-state index contributed by atoms with van der Waals surface area (Å²) in [7, 11) is 1.99. The number of benzene rings is 1. The number of imidazole rings is 1. The molecule has 4 heteroatoms. The van der Waals surface area contributed by atoms with E-state index in [4.69, 9.17) is 5.21 Å². The number of hydrogen-bond donors (Lipinski definition) is 2. The molecule has 0 aliphatic heterocycles. The summed E-state index contributed by atoms with van der Waals surface area (Å²) in [4.78, 5) is 4.28. The van der Waals surface area contributed by atoms with E-state index in [0.29, 0.717) is 6.54 Å². The monoisotopic (exact) mass is 217 g/mol. The number of nitrogens with zero attached hydrogens (tertiary/aromatic N) is 2. The second-order valence-electron chi connectivity index (χ2n) is 3.78. The highest BCUT2D eigenvalue weighted by Crippen LogP contribution is 2.09. The number of hydrogen-bond acceptors (Lipinski definition) is 3. The maximum Gasteiger partial charge on any atom is 0.112 e. The Labute approximate surface area is 94.5 Å². The fraction of sp³-hybridized carbons (Fsp3) is 0.250. The van der Waals surface area contributed by atoms with Gasteiger partial charge >= 0.3 is 0 Å². The lowest BCUT2D eigenvalue weighted by atomic mass is 10.1. The van der Waals surface area contributed by atoms with Crippen LogP contribution >= 0.6 is 0 Å². The zero-order valence-electron chi connectivity index (χ0n) is 9.22. The molecule has 0 saturated heterocycles. The average molecular weight is 217 g/mol. The lowest BCUT2D eigenvalue weighted by molar-refractivity contribution is 0.161. The summed E-state index contributed by atoms with van der Waals surface area (Å²) < 4.78 is 2.02. The van der Waals surface area contributed by atoms with Crippen LogP contribution in [0.25, 0.3) is 0 Å². The molecule has 0 spiro atoms. The minimum atomic E-state index is 0.475. The Balaban J connectivity index is 2.08. The fourth-order valence-corrected chi connectivity index (χ4v) is 1.62. The van der Waals surface area contributed by atoms with Gasteiger partial charge in [0.2, 0.25) is 0 Å². The van der Waals surface area contributed by atoms with Gasteiger partial charge in [-0.15, -0.1) is 0 Å². The first-order valence-electron chi connectivity index (χ1n) is 5.20. The quantitative estimate of drug-likeness (QED) is 0.763. The molecule has 16 heavy (non-hydrogen) atoms. The number of nitrogens with one attached hydrogen (secondary N) is 1. The van der Waals surface area contributed by atoms with Crippen LogP contribution < -0.4 is 5.48 Å². The summed E-state index contributed by atoms with van der Waals surface area (Å²) in [6.45, 7) is 0.475. The molecule has 0 radical (unpaired) electrons. The molecule has 4 nitrogen and oxygen atoms in total. The Bertz CT molecular complexity index is 448. The molecule has 0 saturated carbocycles. The second-order valence-corrected chi connectivity index (χ2v) is 3.78. The summed E-state index contributed by atoms with van der Waals surface area (Å²) >= 11 is 0. The number of aromatic nitrogens is 2. The first-order chi connectivity index (χ1) is 7.79. The van der Waals surface area contributed by atoms with E-state index < -0.39 is 0 Å². The molecule has 0 aliphatic rings. The van der Waals surface area contributed by atoms with E-state index in [9.17, 15) is 0 Å². The molecule has 2 N–H and O–H groups in total. The van der Waals surface area contributed by atoms with Gasteiger partial charge in [0.15, 0.2) is 0 Å². The van der Waals surface area contributed by atoms with Crippen LogP contribution in [0.15, 0.2) is 36.7 Å². The van der Waals surface area contributed by atoms with Crippen LogP contribution in [0.3, 0.4) is 0 Å². The maximum absolute atomic E-state index is 8.57. The third-order valence-corrected chi connectivity index (χ3v) is 2.59. The van der Waals surface area contributed by atoms with Crippen molar-refractivity contribution in [2.75, 3.05) is 0 Å². The van der Waals surface area contributed by atoms with Crippen LogP contribution in [0.2, 0.25) is 0 Å². The standard InChI is InChI=1S/C12H15N3O/c1-15-7-6-13-12(15)8-10-2-4-11(5-3-10)9-14-16/h2-7,14,16H,8-9H2,1H3. The molecule has 1 aromatic heterocycles. The normalized spacial score (nSPS) is 10.6. The van der Waals surface area contributed by atoms with Gasteiger partial charge in [0, 0.05) is 32.4 Å². The van der Waals surface area contributed by atoms with Gasteiger partial charge in [-0.2, -0.15) is 0 Å². The van der Waals surface area contributed by atoms with E-state index in [-0.39, 0.29) is 0 Å². The highest BCUT2D eigenvalue weighted by molar-refractivity contribution is 5.24. The maximum atomic E-state index is 8.57. The van der Waals surface area contributed by atoms with E-state index in [1.165, 1.54) is 5.56 Å². The molecule has 0 atom stereocenters. The van der Waals surface area contributed by atoms with Crippen molar-refractivity contribution in [1.29, 1.82) is 0 Å². The summed E-state index contributed by atoms with van der Waals surface area (Å²) in [6.07, 6.45) is 4.58. The number of rotatable bonds is 4. The van der Waals surface area contributed by atoms with Crippen molar-refractivity contribution in [3.63, 3.8) is 0 Å². The average Bonchev–Trinajstić information content (AvgIpc) is 2.68. The third kappa shape index (κ3) is 2.48. The predicted octanol–water partition coefficient (Wildman–Crippen LogP) is 1.49. The van der Waals surface area contributed by atoms with E-state index in [1.54, 1.807) is 6.20 Å². The Morgan fingerprint density at radius 2 is 1.94 bits per heavy atom. The smallest absolute Gasteiger partial charge is 0.112 e. The first-order valence-corrected chi connectivity index (χ1v) is 5.20. The predicted molar refractivity (Wildman–Crippen MR) is 61.1 cm³/mol. The second kappa shape index (κ2) is 4.92. The van der Waals surface area contributed by atoms with Crippen molar-refractivity contribution < 1.29 is 5.21 Å². The van der Waals surface area contributed by atoms with Crippen molar-refractivity contribution in [3.8, 4) is 0 Å².